The average molecular weight is 398 g/mol. The Labute approximate surface area is 167 Å². The van der Waals surface area contributed by atoms with Crippen molar-refractivity contribution in [3.8, 4) is 0 Å². The molecule has 0 aliphatic carbocycles. The number of carboxylic acids is 1. The van der Waals surface area contributed by atoms with Crippen LogP contribution in [-0.4, -0.2) is 40.2 Å². The van der Waals surface area contributed by atoms with Crippen molar-refractivity contribution in [1.82, 2.24) is 10.2 Å². The highest BCUT2D eigenvalue weighted by molar-refractivity contribution is 6.21. The number of hydrogen-bond donors (Lipinski definition) is 2. The van der Waals surface area contributed by atoms with E-state index in [1.807, 2.05) is 0 Å². The summed E-state index contributed by atoms with van der Waals surface area (Å²) < 4.78 is 5.20. The SMILES string of the molecule is O=C(O)CC(NC(=O)CCCCCN1C(=O)c2ccccc2C1=O)c1ccco1. The van der Waals surface area contributed by atoms with E-state index >= 15 is 0 Å². The van der Waals surface area contributed by atoms with Gasteiger partial charge in [0.05, 0.1) is 29.9 Å². The fraction of sp³-hybridized carbons (Fsp3) is 0.333. The van der Waals surface area contributed by atoms with Gasteiger partial charge in [-0.05, 0) is 37.1 Å². The highest BCUT2D eigenvalue weighted by atomic mass is 16.4. The van der Waals surface area contributed by atoms with Crippen molar-refractivity contribution in [2.45, 2.75) is 38.1 Å². The Kier molecular flexibility index (Phi) is 6.43. The molecule has 0 saturated heterocycles. The first-order valence-electron chi connectivity index (χ1n) is 9.47. The molecule has 2 N–H and O–H groups in total. The standard InChI is InChI=1S/C21H22N2O6/c24-18(22-16(13-19(25)26)17-9-6-12-29-17)10-2-1-5-11-23-20(27)14-7-3-4-8-15(14)21(23)28/h3-4,6-9,12,16H,1-2,5,10-11,13H2,(H,22,24)(H,25,26). The molecule has 8 nitrogen and oxygen atoms in total. The van der Waals surface area contributed by atoms with Crippen LogP contribution in [0.5, 0.6) is 0 Å². The molecule has 152 valence electrons. The van der Waals surface area contributed by atoms with Gasteiger partial charge in [0.1, 0.15) is 5.76 Å². The second-order valence-electron chi connectivity index (χ2n) is 6.85. The molecule has 1 aliphatic rings. The molecular formula is C21H22N2O6. The fourth-order valence-corrected chi connectivity index (χ4v) is 3.33. The number of hydrogen-bond acceptors (Lipinski definition) is 5. The Morgan fingerprint density at radius 3 is 2.28 bits per heavy atom. The van der Waals surface area contributed by atoms with Gasteiger partial charge in [0.2, 0.25) is 5.91 Å². The molecule has 1 aromatic carbocycles. The molecule has 1 aromatic heterocycles. The van der Waals surface area contributed by atoms with Crippen molar-refractivity contribution in [3.05, 3.63) is 59.5 Å². The normalized spacial score (nSPS) is 14.0. The summed E-state index contributed by atoms with van der Waals surface area (Å²) in [6.45, 7) is 0.308. The van der Waals surface area contributed by atoms with Crippen LogP contribution in [0, 0.1) is 0 Å². The predicted molar refractivity (Wildman–Crippen MR) is 102 cm³/mol. The lowest BCUT2D eigenvalue weighted by atomic mass is 10.1. The minimum atomic E-state index is -1.03. The average Bonchev–Trinajstić information content (AvgIpc) is 3.30. The summed E-state index contributed by atoms with van der Waals surface area (Å²) in [5.41, 5.74) is 0.860. The molecule has 0 bridgehead atoms. The number of fused-ring (bicyclic) bond motifs is 1. The van der Waals surface area contributed by atoms with Crippen molar-refractivity contribution in [3.63, 3.8) is 0 Å². The van der Waals surface area contributed by atoms with Crippen molar-refractivity contribution in [2.75, 3.05) is 6.54 Å². The summed E-state index contributed by atoms with van der Waals surface area (Å²) in [6, 6.07) is 9.29. The molecule has 1 aliphatic heterocycles. The minimum Gasteiger partial charge on any atom is -0.481 e. The first kappa shape index (κ1) is 20.3. The van der Waals surface area contributed by atoms with E-state index in [1.165, 1.54) is 11.2 Å². The van der Waals surface area contributed by atoms with Crippen molar-refractivity contribution in [2.24, 2.45) is 0 Å². The Morgan fingerprint density at radius 1 is 1.00 bits per heavy atom. The summed E-state index contributed by atoms with van der Waals surface area (Å²) in [5, 5.41) is 11.7. The van der Waals surface area contributed by atoms with Gasteiger partial charge in [0.15, 0.2) is 0 Å². The van der Waals surface area contributed by atoms with Gasteiger partial charge >= 0.3 is 5.97 Å². The number of carbonyl (C=O) groups excluding carboxylic acids is 3. The molecule has 0 spiro atoms. The topological polar surface area (TPSA) is 117 Å². The summed E-state index contributed by atoms with van der Waals surface area (Å²) >= 11 is 0. The van der Waals surface area contributed by atoms with E-state index in [9.17, 15) is 19.2 Å². The summed E-state index contributed by atoms with van der Waals surface area (Å²) in [6.07, 6.45) is 3.20. The fourth-order valence-electron chi connectivity index (χ4n) is 3.33. The highest BCUT2D eigenvalue weighted by Gasteiger charge is 2.34. The lowest BCUT2D eigenvalue weighted by Gasteiger charge is -2.15. The van der Waals surface area contributed by atoms with E-state index in [4.69, 9.17) is 9.52 Å². The third kappa shape index (κ3) is 4.90. The van der Waals surface area contributed by atoms with E-state index in [0.717, 1.165) is 0 Å². The monoisotopic (exact) mass is 398 g/mol. The molecule has 0 radical (unpaired) electrons. The molecule has 1 atom stereocenters. The number of nitrogens with one attached hydrogen (secondary N) is 1. The number of carboxylic acid groups (broad SMARTS) is 1. The van der Waals surface area contributed by atoms with Crippen LogP contribution in [0.3, 0.4) is 0 Å². The first-order valence-corrected chi connectivity index (χ1v) is 9.47. The molecule has 2 aromatic rings. The van der Waals surface area contributed by atoms with Crippen molar-refractivity contribution < 1.29 is 28.7 Å². The van der Waals surface area contributed by atoms with E-state index in [2.05, 4.69) is 5.32 Å². The van der Waals surface area contributed by atoms with Gasteiger partial charge in [-0.25, -0.2) is 0 Å². The van der Waals surface area contributed by atoms with E-state index in [0.29, 0.717) is 42.7 Å². The summed E-state index contributed by atoms with van der Waals surface area (Å²) in [4.78, 5) is 48.9. The van der Waals surface area contributed by atoms with E-state index in [1.54, 1.807) is 36.4 Å². The van der Waals surface area contributed by atoms with Crippen molar-refractivity contribution >= 4 is 23.7 Å². The van der Waals surface area contributed by atoms with Gasteiger partial charge < -0.3 is 14.8 Å². The number of rotatable bonds is 10. The van der Waals surface area contributed by atoms with Crippen LogP contribution in [0.1, 0.15) is 64.6 Å². The zero-order valence-electron chi connectivity index (χ0n) is 15.8. The van der Waals surface area contributed by atoms with Gasteiger partial charge in [-0.3, -0.25) is 24.1 Å². The molecule has 29 heavy (non-hydrogen) atoms. The third-order valence-corrected chi connectivity index (χ3v) is 4.76. The van der Waals surface area contributed by atoms with Gasteiger partial charge in [-0.1, -0.05) is 18.6 Å². The molecule has 8 heteroatoms. The quantitative estimate of drug-likeness (QED) is 0.469. The van der Waals surface area contributed by atoms with Crippen LogP contribution in [0.2, 0.25) is 0 Å². The lowest BCUT2D eigenvalue weighted by molar-refractivity contribution is -0.138. The highest BCUT2D eigenvalue weighted by Crippen LogP contribution is 2.23. The predicted octanol–water partition coefficient (Wildman–Crippen LogP) is 2.77. The maximum absolute atomic E-state index is 12.3. The number of carbonyl (C=O) groups is 4. The molecule has 0 fully saturated rings. The van der Waals surface area contributed by atoms with Gasteiger partial charge in [-0.15, -0.1) is 0 Å². The molecule has 1 unspecified atom stereocenters. The number of furan rings is 1. The molecule has 0 saturated carbocycles. The van der Waals surface area contributed by atoms with E-state index < -0.39 is 12.0 Å². The molecule has 3 rings (SSSR count). The zero-order valence-corrected chi connectivity index (χ0v) is 15.8. The molecule has 3 amide bonds. The third-order valence-electron chi connectivity index (χ3n) is 4.76. The van der Waals surface area contributed by atoms with Crippen LogP contribution in [0.25, 0.3) is 0 Å². The van der Waals surface area contributed by atoms with Gasteiger partial charge in [-0.2, -0.15) is 0 Å². The number of nitrogens with zero attached hydrogens (tertiary/aromatic N) is 1. The second-order valence-corrected chi connectivity index (χ2v) is 6.85. The number of imide groups is 1. The van der Waals surface area contributed by atoms with Crippen LogP contribution in [0.15, 0.2) is 47.1 Å². The van der Waals surface area contributed by atoms with Gasteiger partial charge in [0.25, 0.3) is 11.8 Å². The van der Waals surface area contributed by atoms with Gasteiger partial charge in [0, 0.05) is 13.0 Å². The van der Waals surface area contributed by atoms with Crippen molar-refractivity contribution in [1.29, 1.82) is 0 Å². The summed E-state index contributed by atoms with van der Waals surface area (Å²) in [5.74, 6) is -1.47. The van der Waals surface area contributed by atoms with E-state index in [-0.39, 0.29) is 30.6 Å². The number of aliphatic carboxylic acids is 1. The number of amides is 3. The minimum absolute atomic E-state index is 0.221. The molecular weight excluding hydrogens is 376 g/mol. The summed E-state index contributed by atoms with van der Waals surface area (Å²) in [7, 11) is 0. The Morgan fingerprint density at radius 2 is 1.69 bits per heavy atom. The largest absolute Gasteiger partial charge is 0.481 e. The maximum atomic E-state index is 12.3. The van der Waals surface area contributed by atoms with Crippen LogP contribution in [0.4, 0.5) is 0 Å². The number of unbranched alkanes of at least 4 members (excludes halogenated alkanes) is 2. The lowest BCUT2D eigenvalue weighted by Crippen LogP contribution is -2.31. The zero-order chi connectivity index (χ0) is 20.8. The van der Waals surface area contributed by atoms with Crippen LogP contribution in [-0.2, 0) is 9.59 Å². The first-order chi connectivity index (χ1) is 14.0. The molecule has 2 heterocycles. The smallest absolute Gasteiger partial charge is 0.305 e. The van der Waals surface area contributed by atoms with Crippen LogP contribution < -0.4 is 5.32 Å². The second kappa shape index (κ2) is 9.18. The Bertz CT molecular complexity index is 871. The number of benzene rings is 1. The maximum Gasteiger partial charge on any atom is 0.305 e. The Hall–Kier alpha value is -3.42. The Balaban J connectivity index is 1.40. The van der Waals surface area contributed by atoms with Crippen LogP contribution >= 0.6 is 0 Å².